The lowest BCUT2D eigenvalue weighted by atomic mass is 9.75. The van der Waals surface area contributed by atoms with Gasteiger partial charge in [0.1, 0.15) is 6.10 Å². The largest absolute Gasteiger partial charge is 0.461 e. The first-order valence-corrected chi connectivity index (χ1v) is 5.54. The van der Waals surface area contributed by atoms with Crippen LogP contribution in [0, 0.1) is 16.7 Å². The van der Waals surface area contributed by atoms with Gasteiger partial charge < -0.3 is 4.74 Å². The Morgan fingerprint density at radius 1 is 1.64 bits per heavy atom. The van der Waals surface area contributed by atoms with Crippen molar-refractivity contribution in [3.05, 3.63) is 12.2 Å². The molecule has 3 rings (SSSR count). The van der Waals surface area contributed by atoms with Crippen molar-refractivity contribution in [2.45, 2.75) is 39.2 Å². The topological polar surface area (TPSA) is 26.3 Å². The number of allylic oxidation sites excluding steroid dienone is 1. The summed E-state index contributed by atoms with van der Waals surface area (Å²) in [6.07, 6.45) is 7.78. The molecule has 14 heavy (non-hydrogen) atoms. The molecule has 0 amide bonds. The highest BCUT2D eigenvalue weighted by Crippen LogP contribution is 2.77. The van der Waals surface area contributed by atoms with Crippen LogP contribution in [0.15, 0.2) is 12.2 Å². The monoisotopic (exact) mass is 192 g/mol. The lowest BCUT2D eigenvalue weighted by molar-refractivity contribution is -0.146. The maximum atomic E-state index is 11.6. The predicted molar refractivity (Wildman–Crippen MR) is 52.6 cm³/mol. The summed E-state index contributed by atoms with van der Waals surface area (Å²) in [5.74, 6) is 0.0723. The van der Waals surface area contributed by atoms with Crippen molar-refractivity contribution >= 4 is 5.97 Å². The summed E-state index contributed by atoms with van der Waals surface area (Å²) >= 11 is 0. The minimum atomic E-state index is 0.0110. The zero-order valence-corrected chi connectivity index (χ0v) is 8.75. The van der Waals surface area contributed by atoms with Gasteiger partial charge in [0, 0.05) is 10.8 Å². The molecule has 0 radical (unpaired) electrons. The summed E-state index contributed by atoms with van der Waals surface area (Å²) < 4.78 is 5.49. The van der Waals surface area contributed by atoms with Gasteiger partial charge in [0.25, 0.3) is 0 Å². The van der Waals surface area contributed by atoms with E-state index < -0.39 is 0 Å². The number of ether oxygens (including phenoxy) is 1. The highest BCUT2D eigenvalue weighted by Gasteiger charge is 2.82. The molecule has 1 heterocycles. The van der Waals surface area contributed by atoms with Gasteiger partial charge in [0.05, 0.1) is 5.92 Å². The van der Waals surface area contributed by atoms with Crippen LogP contribution < -0.4 is 0 Å². The van der Waals surface area contributed by atoms with Gasteiger partial charge in [-0.2, -0.15) is 0 Å². The van der Waals surface area contributed by atoms with E-state index in [2.05, 4.69) is 26.0 Å². The van der Waals surface area contributed by atoms with E-state index >= 15 is 0 Å². The van der Waals surface area contributed by atoms with Gasteiger partial charge in [-0.1, -0.05) is 26.0 Å². The Balaban J connectivity index is 2.05. The molecule has 1 spiro atoms. The van der Waals surface area contributed by atoms with Gasteiger partial charge in [0.15, 0.2) is 0 Å². The molecule has 0 aromatic heterocycles. The van der Waals surface area contributed by atoms with Crippen molar-refractivity contribution in [2.75, 3.05) is 0 Å². The average Bonchev–Trinajstić information content (AvgIpc) is 2.57. The molecule has 3 aliphatic rings. The molecule has 0 unspecified atom stereocenters. The van der Waals surface area contributed by atoms with Crippen molar-refractivity contribution in [3.8, 4) is 0 Å². The number of rotatable bonds is 1. The third-order valence-corrected chi connectivity index (χ3v) is 4.86. The standard InChI is InChI=1S/C12H16O2/c1-3-11(2)10-12(11)7-5-4-6-8(12)9(13)14-10/h4,6,8,10H,3,5,7H2,1-2H3/t8-,10+,11-,12-/m1/s1. The molecular weight excluding hydrogens is 176 g/mol. The van der Waals surface area contributed by atoms with Crippen LogP contribution in [0.3, 0.4) is 0 Å². The van der Waals surface area contributed by atoms with Gasteiger partial charge >= 0.3 is 5.97 Å². The Kier molecular flexibility index (Phi) is 1.36. The van der Waals surface area contributed by atoms with E-state index in [1.54, 1.807) is 0 Å². The Bertz CT molecular complexity index is 333. The van der Waals surface area contributed by atoms with Gasteiger partial charge in [-0.3, -0.25) is 4.79 Å². The lowest BCUT2D eigenvalue weighted by Gasteiger charge is -2.26. The first-order valence-electron chi connectivity index (χ1n) is 5.54. The van der Waals surface area contributed by atoms with Crippen LogP contribution in [0.25, 0.3) is 0 Å². The van der Waals surface area contributed by atoms with Crippen LogP contribution in [0.4, 0.5) is 0 Å². The van der Waals surface area contributed by atoms with Crippen molar-refractivity contribution in [3.63, 3.8) is 0 Å². The minimum absolute atomic E-state index is 0.0110. The number of hydrogen-bond acceptors (Lipinski definition) is 2. The van der Waals surface area contributed by atoms with E-state index in [1.807, 2.05) is 0 Å². The smallest absolute Gasteiger partial charge is 0.313 e. The fourth-order valence-corrected chi connectivity index (χ4v) is 3.79. The number of hydrogen-bond donors (Lipinski definition) is 0. The summed E-state index contributed by atoms with van der Waals surface area (Å²) in [7, 11) is 0. The average molecular weight is 192 g/mol. The third-order valence-electron chi connectivity index (χ3n) is 4.86. The molecule has 4 atom stereocenters. The summed E-state index contributed by atoms with van der Waals surface area (Å²) in [4.78, 5) is 11.6. The van der Waals surface area contributed by atoms with Crippen LogP contribution in [0.2, 0.25) is 0 Å². The van der Waals surface area contributed by atoms with E-state index in [0.29, 0.717) is 0 Å². The zero-order chi connectivity index (χ0) is 9.97. The quantitative estimate of drug-likeness (QED) is 0.470. The summed E-state index contributed by atoms with van der Waals surface area (Å²) in [6.45, 7) is 4.48. The SMILES string of the molecule is CC[C@]1(C)[C@@H]2OC(=O)[C@H]3C=CCC[C@@]321. The second kappa shape index (κ2) is 2.23. The van der Waals surface area contributed by atoms with E-state index in [9.17, 15) is 4.79 Å². The Morgan fingerprint density at radius 3 is 3.14 bits per heavy atom. The van der Waals surface area contributed by atoms with Crippen LogP contribution in [0.5, 0.6) is 0 Å². The van der Waals surface area contributed by atoms with Crippen LogP contribution in [0.1, 0.15) is 33.1 Å². The third kappa shape index (κ3) is 0.626. The Labute approximate surface area is 84.3 Å². The molecule has 0 N–H and O–H groups in total. The fraction of sp³-hybridized carbons (Fsp3) is 0.750. The molecule has 2 fully saturated rings. The molecule has 1 aliphatic heterocycles. The van der Waals surface area contributed by atoms with E-state index in [4.69, 9.17) is 4.74 Å². The predicted octanol–water partition coefficient (Wildman–Crippen LogP) is 2.29. The van der Waals surface area contributed by atoms with Gasteiger partial charge in [-0.05, 0) is 19.3 Å². The molecule has 0 aromatic rings. The Morgan fingerprint density at radius 2 is 2.43 bits per heavy atom. The number of carbonyl (C=O) groups excluding carboxylic acids is 1. The maximum absolute atomic E-state index is 11.6. The van der Waals surface area contributed by atoms with Crippen LogP contribution in [-0.2, 0) is 9.53 Å². The molecule has 1 saturated carbocycles. The highest BCUT2D eigenvalue weighted by molar-refractivity contribution is 5.81. The summed E-state index contributed by atoms with van der Waals surface area (Å²) in [5.41, 5.74) is 0.434. The molecule has 0 bridgehead atoms. The first kappa shape index (κ1) is 8.51. The summed E-state index contributed by atoms with van der Waals surface area (Å²) in [6, 6.07) is 0. The van der Waals surface area contributed by atoms with Crippen LogP contribution in [-0.4, -0.2) is 12.1 Å². The molecule has 76 valence electrons. The second-order valence-corrected chi connectivity index (χ2v) is 5.07. The second-order valence-electron chi connectivity index (χ2n) is 5.07. The van der Waals surface area contributed by atoms with Gasteiger partial charge in [-0.15, -0.1) is 0 Å². The van der Waals surface area contributed by atoms with Crippen molar-refractivity contribution in [2.24, 2.45) is 16.7 Å². The van der Waals surface area contributed by atoms with Gasteiger partial charge in [0.2, 0.25) is 0 Å². The highest BCUT2D eigenvalue weighted by atomic mass is 16.6. The van der Waals surface area contributed by atoms with Crippen LogP contribution >= 0.6 is 0 Å². The fourth-order valence-electron chi connectivity index (χ4n) is 3.79. The molecule has 0 aromatic carbocycles. The Hall–Kier alpha value is -0.790. The molecule has 2 nitrogen and oxygen atoms in total. The zero-order valence-electron chi connectivity index (χ0n) is 8.75. The normalized spacial score (nSPS) is 53.7. The van der Waals surface area contributed by atoms with Crippen molar-refractivity contribution in [1.82, 2.24) is 0 Å². The van der Waals surface area contributed by atoms with Crippen molar-refractivity contribution in [1.29, 1.82) is 0 Å². The van der Waals surface area contributed by atoms with E-state index in [-0.39, 0.29) is 28.8 Å². The van der Waals surface area contributed by atoms with E-state index in [1.165, 1.54) is 0 Å². The molecular formula is C12H16O2. The first-order chi connectivity index (χ1) is 6.67. The number of esters is 1. The molecule has 1 saturated heterocycles. The maximum Gasteiger partial charge on any atom is 0.313 e. The van der Waals surface area contributed by atoms with E-state index in [0.717, 1.165) is 19.3 Å². The minimum Gasteiger partial charge on any atom is -0.461 e. The summed E-state index contributed by atoms with van der Waals surface area (Å²) in [5, 5.41) is 0. The lowest BCUT2D eigenvalue weighted by Crippen LogP contribution is -2.28. The molecule has 2 aliphatic carbocycles. The van der Waals surface area contributed by atoms with Gasteiger partial charge in [-0.25, -0.2) is 0 Å². The molecule has 2 heteroatoms. The number of carbonyl (C=O) groups is 1. The van der Waals surface area contributed by atoms with Crippen molar-refractivity contribution < 1.29 is 9.53 Å².